The molecule has 20 heavy (non-hydrogen) atoms. The van der Waals surface area contributed by atoms with Gasteiger partial charge in [-0.25, -0.2) is 4.79 Å². The van der Waals surface area contributed by atoms with Gasteiger partial charge >= 0.3 is 6.09 Å². The molecule has 7 heteroatoms. The predicted octanol–water partition coefficient (Wildman–Crippen LogP) is 1.80. The van der Waals surface area contributed by atoms with Gasteiger partial charge in [-0.3, -0.25) is 4.99 Å². The van der Waals surface area contributed by atoms with E-state index in [2.05, 4.69) is 15.6 Å². The quantitative estimate of drug-likeness (QED) is 0.431. The summed E-state index contributed by atoms with van der Waals surface area (Å²) >= 11 is 0. The van der Waals surface area contributed by atoms with Gasteiger partial charge in [-0.15, -0.1) is 24.0 Å². The standard InChI is InChI=1S/C13H26N4O2.HI/c1-13(2,3)19-12(18)17(10-6-7-10)9-8-16-11(14-4)15-5;/h10H,6-9H2,1-5H3,(H2,14,15,16);1H. The number of guanidine groups is 1. The molecule has 0 atom stereocenters. The molecule has 118 valence electrons. The van der Waals surface area contributed by atoms with E-state index in [-0.39, 0.29) is 30.1 Å². The van der Waals surface area contributed by atoms with Gasteiger partial charge in [0.15, 0.2) is 5.96 Å². The first-order valence-corrected chi connectivity index (χ1v) is 6.75. The van der Waals surface area contributed by atoms with E-state index in [1.807, 2.05) is 27.8 Å². The number of aliphatic imine (C=N–C) groups is 1. The Labute approximate surface area is 138 Å². The molecule has 1 amide bonds. The van der Waals surface area contributed by atoms with E-state index >= 15 is 0 Å². The Kier molecular flexibility index (Phi) is 8.22. The van der Waals surface area contributed by atoms with E-state index in [4.69, 9.17) is 4.74 Å². The minimum atomic E-state index is -0.446. The minimum Gasteiger partial charge on any atom is -0.444 e. The topological polar surface area (TPSA) is 66.0 Å². The zero-order valence-electron chi connectivity index (χ0n) is 13.0. The number of rotatable bonds is 4. The fraction of sp³-hybridized carbons (Fsp3) is 0.846. The number of carbonyl (C=O) groups is 1. The highest BCUT2D eigenvalue weighted by Gasteiger charge is 2.34. The van der Waals surface area contributed by atoms with Crippen LogP contribution in [0.3, 0.4) is 0 Å². The summed E-state index contributed by atoms with van der Waals surface area (Å²) in [4.78, 5) is 17.9. The van der Waals surface area contributed by atoms with Crippen LogP contribution >= 0.6 is 24.0 Å². The van der Waals surface area contributed by atoms with Crippen molar-refractivity contribution in [3.8, 4) is 0 Å². The molecule has 1 rings (SSSR count). The fourth-order valence-electron chi connectivity index (χ4n) is 1.70. The highest BCUT2D eigenvalue weighted by Crippen LogP contribution is 2.27. The van der Waals surface area contributed by atoms with Gasteiger partial charge in [-0.05, 0) is 33.6 Å². The first-order valence-electron chi connectivity index (χ1n) is 6.75. The molecule has 0 heterocycles. The lowest BCUT2D eigenvalue weighted by molar-refractivity contribution is 0.0238. The fourth-order valence-corrected chi connectivity index (χ4v) is 1.70. The number of nitrogens with zero attached hydrogens (tertiary/aromatic N) is 2. The number of hydrogen-bond donors (Lipinski definition) is 2. The van der Waals surface area contributed by atoms with Gasteiger partial charge in [0, 0.05) is 33.2 Å². The summed E-state index contributed by atoms with van der Waals surface area (Å²) in [6.07, 6.45) is 1.91. The Balaban J connectivity index is 0.00000361. The monoisotopic (exact) mass is 398 g/mol. The van der Waals surface area contributed by atoms with Crippen LogP contribution in [0.25, 0.3) is 0 Å². The molecule has 6 nitrogen and oxygen atoms in total. The Hall–Kier alpha value is -0.730. The number of hydrogen-bond acceptors (Lipinski definition) is 3. The number of ether oxygens (including phenoxy) is 1. The van der Waals surface area contributed by atoms with Crippen molar-refractivity contribution < 1.29 is 9.53 Å². The van der Waals surface area contributed by atoms with Crippen molar-refractivity contribution in [1.29, 1.82) is 0 Å². The normalized spacial score (nSPS) is 15.2. The van der Waals surface area contributed by atoms with Gasteiger partial charge in [0.2, 0.25) is 0 Å². The smallest absolute Gasteiger partial charge is 0.410 e. The lowest BCUT2D eigenvalue weighted by Gasteiger charge is -2.27. The predicted molar refractivity (Wildman–Crippen MR) is 91.8 cm³/mol. The second-order valence-corrected chi connectivity index (χ2v) is 5.65. The van der Waals surface area contributed by atoms with Gasteiger partial charge in [-0.1, -0.05) is 0 Å². The number of nitrogens with one attached hydrogen (secondary N) is 2. The van der Waals surface area contributed by atoms with Crippen LogP contribution in [0.4, 0.5) is 4.79 Å². The third-order valence-corrected chi connectivity index (χ3v) is 2.72. The van der Waals surface area contributed by atoms with E-state index < -0.39 is 5.60 Å². The molecule has 0 aliphatic heterocycles. The van der Waals surface area contributed by atoms with Crippen molar-refractivity contribution in [3.05, 3.63) is 0 Å². The maximum absolute atomic E-state index is 12.1. The third kappa shape index (κ3) is 7.16. The summed E-state index contributed by atoms with van der Waals surface area (Å²) in [7, 11) is 3.52. The number of halogens is 1. The first kappa shape index (κ1) is 19.3. The van der Waals surface area contributed by atoms with E-state index in [0.29, 0.717) is 19.1 Å². The molecular weight excluding hydrogens is 371 g/mol. The van der Waals surface area contributed by atoms with Crippen molar-refractivity contribution in [2.75, 3.05) is 27.2 Å². The SMILES string of the molecule is CN=C(NC)NCCN(C(=O)OC(C)(C)C)C1CC1.I. The average Bonchev–Trinajstić information content (AvgIpc) is 3.11. The van der Waals surface area contributed by atoms with Crippen molar-refractivity contribution in [2.45, 2.75) is 45.3 Å². The lowest BCUT2D eigenvalue weighted by Crippen LogP contribution is -2.44. The summed E-state index contributed by atoms with van der Waals surface area (Å²) in [5, 5.41) is 6.08. The maximum atomic E-state index is 12.1. The molecule has 0 aromatic rings. The van der Waals surface area contributed by atoms with E-state index in [9.17, 15) is 4.79 Å². The Bertz CT molecular complexity index is 338. The van der Waals surface area contributed by atoms with Crippen LogP contribution in [0.2, 0.25) is 0 Å². The molecule has 0 unspecified atom stereocenters. The molecular formula is C13H27IN4O2. The zero-order valence-corrected chi connectivity index (χ0v) is 15.4. The van der Waals surface area contributed by atoms with Crippen LogP contribution in [0, 0.1) is 0 Å². The first-order chi connectivity index (χ1) is 8.87. The number of carbonyl (C=O) groups excluding carboxylic acids is 1. The molecule has 0 aromatic carbocycles. The van der Waals surface area contributed by atoms with Gasteiger partial charge in [0.25, 0.3) is 0 Å². The van der Waals surface area contributed by atoms with Crippen LogP contribution in [0.15, 0.2) is 4.99 Å². The molecule has 1 aliphatic rings. The van der Waals surface area contributed by atoms with Crippen molar-refractivity contribution in [1.82, 2.24) is 15.5 Å². The molecule has 0 bridgehead atoms. The van der Waals surface area contributed by atoms with E-state index in [0.717, 1.165) is 18.8 Å². The zero-order chi connectivity index (χ0) is 14.5. The number of amides is 1. The summed E-state index contributed by atoms with van der Waals surface area (Å²) in [6, 6.07) is 0.341. The van der Waals surface area contributed by atoms with E-state index in [1.54, 1.807) is 11.9 Å². The van der Waals surface area contributed by atoms with Crippen molar-refractivity contribution in [2.24, 2.45) is 4.99 Å². The van der Waals surface area contributed by atoms with E-state index in [1.165, 1.54) is 0 Å². The largest absolute Gasteiger partial charge is 0.444 e. The summed E-state index contributed by atoms with van der Waals surface area (Å²) in [5.41, 5.74) is -0.446. The molecule has 0 saturated heterocycles. The molecule has 1 aliphatic carbocycles. The molecule has 2 N–H and O–H groups in total. The molecule has 0 radical (unpaired) electrons. The summed E-state index contributed by atoms with van der Waals surface area (Å²) in [6.45, 7) is 6.94. The lowest BCUT2D eigenvalue weighted by atomic mass is 10.2. The minimum absolute atomic E-state index is 0. The molecule has 0 aromatic heterocycles. The molecule has 1 fully saturated rings. The molecule has 0 spiro atoms. The average molecular weight is 398 g/mol. The highest BCUT2D eigenvalue weighted by molar-refractivity contribution is 14.0. The van der Waals surface area contributed by atoms with Crippen LogP contribution in [-0.4, -0.2) is 55.8 Å². The maximum Gasteiger partial charge on any atom is 0.410 e. The van der Waals surface area contributed by atoms with Crippen molar-refractivity contribution >= 4 is 36.0 Å². The van der Waals surface area contributed by atoms with Gasteiger partial charge in [0.1, 0.15) is 5.60 Å². The van der Waals surface area contributed by atoms with Gasteiger partial charge in [-0.2, -0.15) is 0 Å². The highest BCUT2D eigenvalue weighted by atomic mass is 127. The summed E-state index contributed by atoms with van der Waals surface area (Å²) < 4.78 is 5.42. The Morgan fingerprint density at radius 2 is 2.00 bits per heavy atom. The van der Waals surface area contributed by atoms with Crippen LogP contribution in [-0.2, 0) is 4.74 Å². The second kappa shape index (κ2) is 8.53. The molecule has 1 saturated carbocycles. The van der Waals surface area contributed by atoms with Crippen LogP contribution < -0.4 is 10.6 Å². The third-order valence-electron chi connectivity index (χ3n) is 2.72. The van der Waals surface area contributed by atoms with Crippen molar-refractivity contribution in [3.63, 3.8) is 0 Å². The van der Waals surface area contributed by atoms with Crippen LogP contribution in [0.1, 0.15) is 33.6 Å². The van der Waals surface area contributed by atoms with Crippen LogP contribution in [0.5, 0.6) is 0 Å². The van der Waals surface area contributed by atoms with Gasteiger partial charge in [0.05, 0.1) is 0 Å². The second-order valence-electron chi connectivity index (χ2n) is 5.65. The summed E-state index contributed by atoms with van der Waals surface area (Å²) in [5.74, 6) is 0.722. The Morgan fingerprint density at radius 3 is 2.40 bits per heavy atom. The Morgan fingerprint density at radius 1 is 1.40 bits per heavy atom. The van der Waals surface area contributed by atoms with Gasteiger partial charge < -0.3 is 20.3 Å².